The molecule has 0 unspecified atom stereocenters. The Hall–Kier alpha value is -2.04. The first-order valence-corrected chi connectivity index (χ1v) is 7.36. The van der Waals surface area contributed by atoms with Gasteiger partial charge in [-0.1, -0.05) is 32.0 Å². The van der Waals surface area contributed by atoms with Gasteiger partial charge in [0, 0.05) is 0 Å². The highest BCUT2D eigenvalue weighted by molar-refractivity contribution is 6.06. The Morgan fingerprint density at radius 2 is 1.86 bits per heavy atom. The Balaban J connectivity index is 1.96. The van der Waals surface area contributed by atoms with Gasteiger partial charge in [0.2, 0.25) is 0 Å². The van der Waals surface area contributed by atoms with Gasteiger partial charge in [-0.2, -0.15) is 0 Å². The van der Waals surface area contributed by atoms with E-state index in [9.17, 15) is 9.59 Å². The van der Waals surface area contributed by atoms with Crippen molar-refractivity contribution in [3.63, 3.8) is 0 Å². The number of nitrogens with zero attached hydrogens (tertiary/aromatic N) is 1. The minimum atomic E-state index is -0.736. The number of amides is 3. The number of nitrogens with one attached hydrogen (secondary N) is 1. The van der Waals surface area contributed by atoms with Gasteiger partial charge in [-0.25, -0.2) is 4.79 Å². The van der Waals surface area contributed by atoms with E-state index in [0.29, 0.717) is 19.4 Å². The van der Waals surface area contributed by atoms with Crippen molar-refractivity contribution in [1.29, 1.82) is 0 Å². The van der Waals surface area contributed by atoms with Crippen LogP contribution in [-0.2, 0) is 4.79 Å². The first kappa shape index (κ1) is 15.4. The monoisotopic (exact) mass is 290 g/mol. The van der Waals surface area contributed by atoms with Crippen molar-refractivity contribution in [3.8, 4) is 5.75 Å². The molecule has 1 saturated heterocycles. The summed E-state index contributed by atoms with van der Waals surface area (Å²) < 4.78 is 5.66. The average molecular weight is 290 g/mol. The van der Waals surface area contributed by atoms with E-state index in [0.717, 1.165) is 11.3 Å². The number of rotatable bonds is 6. The Kier molecular flexibility index (Phi) is 4.50. The number of hydrogen-bond acceptors (Lipinski definition) is 3. The second-order valence-electron chi connectivity index (χ2n) is 5.29. The summed E-state index contributed by atoms with van der Waals surface area (Å²) in [6.45, 7) is 6.35. The molecule has 1 N–H and O–H groups in total. The molecule has 1 aliphatic heterocycles. The number of hydrogen-bond donors (Lipinski definition) is 1. The Morgan fingerprint density at radius 1 is 1.19 bits per heavy atom. The Bertz CT molecular complexity index is 538. The van der Waals surface area contributed by atoms with E-state index < -0.39 is 5.54 Å². The second-order valence-corrected chi connectivity index (χ2v) is 5.29. The van der Waals surface area contributed by atoms with E-state index in [4.69, 9.17) is 4.74 Å². The van der Waals surface area contributed by atoms with Gasteiger partial charge >= 0.3 is 6.03 Å². The van der Waals surface area contributed by atoms with Gasteiger partial charge in [0.1, 0.15) is 17.9 Å². The van der Waals surface area contributed by atoms with Gasteiger partial charge < -0.3 is 10.1 Å². The molecular weight excluding hydrogens is 268 g/mol. The molecular formula is C16H22N2O3. The number of carbonyl (C=O) groups excluding carboxylic acids is 2. The molecule has 5 heteroatoms. The van der Waals surface area contributed by atoms with E-state index in [2.05, 4.69) is 5.32 Å². The molecule has 0 bridgehead atoms. The lowest BCUT2D eigenvalue weighted by Crippen LogP contribution is -2.46. The van der Waals surface area contributed by atoms with Gasteiger partial charge in [0.15, 0.2) is 0 Å². The molecule has 114 valence electrons. The standard InChI is InChI=1S/C16H22N2O3/c1-4-16(5-2)14(19)18(15(20)17-16)10-11-21-13-9-7-6-8-12(13)3/h6-9H,4-5,10-11H2,1-3H3,(H,17,20). The van der Waals surface area contributed by atoms with Crippen molar-refractivity contribution >= 4 is 11.9 Å². The maximum atomic E-state index is 12.4. The average Bonchev–Trinajstić information content (AvgIpc) is 2.73. The lowest BCUT2D eigenvalue weighted by molar-refractivity contribution is -0.131. The zero-order valence-electron chi connectivity index (χ0n) is 12.8. The summed E-state index contributed by atoms with van der Waals surface area (Å²) in [5.74, 6) is 0.632. The molecule has 0 aliphatic carbocycles. The highest BCUT2D eigenvalue weighted by atomic mass is 16.5. The zero-order chi connectivity index (χ0) is 15.5. The molecule has 0 aromatic heterocycles. The number of para-hydroxylation sites is 1. The van der Waals surface area contributed by atoms with Crippen LogP contribution in [-0.4, -0.2) is 35.5 Å². The fraction of sp³-hybridized carbons (Fsp3) is 0.500. The molecule has 0 atom stereocenters. The summed E-state index contributed by atoms with van der Waals surface area (Å²) in [6, 6.07) is 7.36. The molecule has 1 aromatic rings. The molecule has 0 saturated carbocycles. The van der Waals surface area contributed by atoms with Gasteiger partial charge in [0.05, 0.1) is 6.54 Å². The highest BCUT2D eigenvalue weighted by Gasteiger charge is 2.48. The summed E-state index contributed by atoms with van der Waals surface area (Å²) in [7, 11) is 0. The van der Waals surface area contributed by atoms with Crippen LogP contribution in [0.5, 0.6) is 5.75 Å². The van der Waals surface area contributed by atoms with Gasteiger partial charge in [-0.05, 0) is 31.4 Å². The molecule has 2 rings (SSSR count). The van der Waals surface area contributed by atoms with Crippen molar-refractivity contribution in [2.45, 2.75) is 39.2 Å². The lowest BCUT2D eigenvalue weighted by atomic mass is 9.93. The van der Waals surface area contributed by atoms with Crippen molar-refractivity contribution in [2.75, 3.05) is 13.2 Å². The SMILES string of the molecule is CCC1(CC)NC(=O)N(CCOc2ccccc2C)C1=O. The molecule has 1 fully saturated rings. The topological polar surface area (TPSA) is 58.6 Å². The number of benzene rings is 1. The number of imide groups is 1. The van der Waals surface area contributed by atoms with Gasteiger partial charge in [-0.15, -0.1) is 0 Å². The number of ether oxygens (including phenoxy) is 1. The van der Waals surface area contributed by atoms with E-state index in [1.165, 1.54) is 4.90 Å². The maximum Gasteiger partial charge on any atom is 0.325 e. The summed E-state index contributed by atoms with van der Waals surface area (Å²) in [6.07, 6.45) is 1.20. The molecule has 1 heterocycles. The first-order valence-electron chi connectivity index (χ1n) is 7.36. The molecule has 0 radical (unpaired) electrons. The van der Waals surface area contributed by atoms with E-state index in [1.54, 1.807) is 0 Å². The summed E-state index contributed by atoms with van der Waals surface area (Å²) >= 11 is 0. The third kappa shape index (κ3) is 2.86. The van der Waals surface area contributed by atoms with Crippen LogP contribution in [0, 0.1) is 6.92 Å². The molecule has 1 aromatic carbocycles. The minimum absolute atomic E-state index is 0.147. The minimum Gasteiger partial charge on any atom is -0.491 e. The number of aryl methyl sites for hydroxylation is 1. The van der Waals surface area contributed by atoms with Crippen LogP contribution in [0.15, 0.2) is 24.3 Å². The summed E-state index contributed by atoms with van der Waals surface area (Å²) in [5.41, 5.74) is 0.297. The van der Waals surface area contributed by atoms with Crippen LogP contribution in [0.2, 0.25) is 0 Å². The van der Waals surface area contributed by atoms with Crippen LogP contribution >= 0.6 is 0 Å². The van der Waals surface area contributed by atoms with Crippen LogP contribution in [0.1, 0.15) is 32.3 Å². The zero-order valence-corrected chi connectivity index (χ0v) is 12.8. The molecule has 1 aliphatic rings. The third-order valence-electron chi connectivity index (χ3n) is 4.12. The fourth-order valence-corrected chi connectivity index (χ4v) is 2.57. The number of carbonyl (C=O) groups is 2. The van der Waals surface area contributed by atoms with Crippen molar-refractivity contribution in [1.82, 2.24) is 10.2 Å². The van der Waals surface area contributed by atoms with Crippen LogP contribution in [0.3, 0.4) is 0 Å². The molecule has 21 heavy (non-hydrogen) atoms. The normalized spacial score (nSPS) is 17.0. The van der Waals surface area contributed by atoms with Crippen LogP contribution in [0.25, 0.3) is 0 Å². The highest BCUT2D eigenvalue weighted by Crippen LogP contribution is 2.24. The molecule has 5 nitrogen and oxygen atoms in total. The predicted molar refractivity (Wildman–Crippen MR) is 80.2 cm³/mol. The predicted octanol–water partition coefficient (Wildman–Crippen LogP) is 2.48. The van der Waals surface area contributed by atoms with E-state index in [-0.39, 0.29) is 18.5 Å². The van der Waals surface area contributed by atoms with Crippen molar-refractivity contribution in [2.24, 2.45) is 0 Å². The molecule has 3 amide bonds. The van der Waals surface area contributed by atoms with Gasteiger partial charge in [0.25, 0.3) is 5.91 Å². The smallest absolute Gasteiger partial charge is 0.325 e. The summed E-state index contributed by atoms with van der Waals surface area (Å²) in [5, 5.41) is 2.81. The maximum absolute atomic E-state index is 12.4. The van der Waals surface area contributed by atoms with Gasteiger partial charge in [-0.3, -0.25) is 9.69 Å². The Labute approximate surface area is 125 Å². The number of urea groups is 1. The van der Waals surface area contributed by atoms with Crippen LogP contribution < -0.4 is 10.1 Å². The largest absolute Gasteiger partial charge is 0.491 e. The van der Waals surface area contributed by atoms with Crippen molar-refractivity contribution < 1.29 is 14.3 Å². The van der Waals surface area contributed by atoms with Crippen LogP contribution in [0.4, 0.5) is 4.79 Å². The van der Waals surface area contributed by atoms with Crippen molar-refractivity contribution in [3.05, 3.63) is 29.8 Å². The molecule has 0 spiro atoms. The Morgan fingerprint density at radius 3 is 2.43 bits per heavy atom. The third-order valence-corrected chi connectivity index (χ3v) is 4.12. The second kappa shape index (κ2) is 6.16. The lowest BCUT2D eigenvalue weighted by Gasteiger charge is -2.23. The fourth-order valence-electron chi connectivity index (χ4n) is 2.57. The van der Waals surface area contributed by atoms with E-state index in [1.807, 2.05) is 45.0 Å². The first-order chi connectivity index (χ1) is 10.0. The quantitative estimate of drug-likeness (QED) is 0.819. The summed E-state index contributed by atoms with van der Waals surface area (Å²) in [4.78, 5) is 25.6. The van der Waals surface area contributed by atoms with E-state index >= 15 is 0 Å².